The Balaban J connectivity index is 2.03. The summed E-state index contributed by atoms with van der Waals surface area (Å²) in [6.07, 6.45) is 3.91. The Morgan fingerprint density at radius 1 is 1.33 bits per heavy atom. The number of aliphatic hydroxyl groups is 1. The number of halogens is 1. The molecule has 0 aliphatic heterocycles. The van der Waals surface area contributed by atoms with Crippen molar-refractivity contribution in [3.8, 4) is 11.8 Å². The topological polar surface area (TPSA) is 53.2 Å². The van der Waals surface area contributed by atoms with Crippen molar-refractivity contribution in [3.63, 3.8) is 0 Å². The molecule has 0 atom stereocenters. The maximum atomic E-state index is 9.08. The van der Waals surface area contributed by atoms with Crippen LogP contribution in [0.5, 0.6) is 5.75 Å². The smallest absolute Gasteiger partial charge is 0.139 e. The van der Waals surface area contributed by atoms with Gasteiger partial charge in [-0.05, 0) is 43.7 Å². The van der Waals surface area contributed by atoms with Crippen LogP contribution in [-0.4, -0.2) is 17.8 Å². The molecule has 0 unspecified atom stereocenters. The first-order chi connectivity index (χ1) is 8.74. The fourth-order valence-electron chi connectivity index (χ4n) is 2.32. The van der Waals surface area contributed by atoms with Crippen molar-refractivity contribution in [2.45, 2.75) is 31.8 Å². The van der Waals surface area contributed by atoms with Gasteiger partial charge in [0.1, 0.15) is 17.4 Å². The highest BCUT2D eigenvalue weighted by molar-refractivity contribution is 6.31. The van der Waals surface area contributed by atoms with Gasteiger partial charge < -0.3 is 9.84 Å². The lowest BCUT2D eigenvalue weighted by atomic mass is 9.88. The minimum absolute atomic E-state index is 0.123. The van der Waals surface area contributed by atoms with Crippen LogP contribution in [0.15, 0.2) is 18.2 Å². The first kappa shape index (κ1) is 13.2. The van der Waals surface area contributed by atoms with E-state index in [1.165, 1.54) is 0 Å². The number of rotatable bonds is 3. The standard InChI is InChI=1S/C14H16ClNO2/c15-13-2-1-3-14(12(13)8-16)18-11-6-4-10(9-17)5-7-11/h1-3,10-11,17H,4-7,9H2. The van der Waals surface area contributed by atoms with Crippen LogP contribution in [0.4, 0.5) is 0 Å². The van der Waals surface area contributed by atoms with Crippen molar-refractivity contribution in [3.05, 3.63) is 28.8 Å². The molecule has 1 aromatic carbocycles. The molecular weight excluding hydrogens is 250 g/mol. The molecule has 0 saturated heterocycles. The second kappa shape index (κ2) is 6.08. The van der Waals surface area contributed by atoms with Gasteiger partial charge in [-0.3, -0.25) is 0 Å². The number of aliphatic hydroxyl groups excluding tert-OH is 1. The van der Waals surface area contributed by atoms with Gasteiger partial charge in [-0.15, -0.1) is 0 Å². The van der Waals surface area contributed by atoms with E-state index in [2.05, 4.69) is 6.07 Å². The highest BCUT2D eigenvalue weighted by Crippen LogP contribution is 2.31. The zero-order valence-corrected chi connectivity index (χ0v) is 10.9. The number of hydrogen-bond acceptors (Lipinski definition) is 3. The number of nitrogens with zero attached hydrogens (tertiary/aromatic N) is 1. The van der Waals surface area contributed by atoms with Gasteiger partial charge in [0.15, 0.2) is 0 Å². The second-order valence-corrected chi connectivity index (χ2v) is 5.08. The van der Waals surface area contributed by atoms with E-state index in [0.717, 1.165) is 25.7 Å². The number of nitriles is 1. The van der Waals surface area contributed by atoms with Gasteiger partial charge in [0.05, 0.1) is 11.1 Å². The molecule has 1 N–H and O–H groups in total. The summed E-state index contributed by atoms with van der Waals surface area (Å²) in [4.78, 5) is 0. The van der Waals surface area contributed by atoms with Crippen LogP contribution >= 0.6 is 11.6 Å². The summed E-state index contributed by atoms with van der Waals surface area (Å²) in [5.41, 5.74) is 0.406. The summed E-state index contributed by atoms with van der Waals surface area (Å²) in [5, 5.41) is 18.6. The Labute approximate surface area is 112 Å². The summed E-state index contributed by atoms with van der Waals surface area (Å²) in [6, 6.07) is 7.34. The quantitative estimate of drug-likeness (QED) is 0.913. The SMILES string of the molecule is N#Cc1c(Cl)cccc1OC1CCC(CO)CC1. The first-order valence-corrected chi connectivity index (χ1v) is 6.58. The van der Waals surface area contributed by atoms with Crippen molar-refractivity contribution >= 4 is 11.6 Å². The molecule has 4 heteroatoms. The third-order valence-corrected chi connectivity index (χ3v) is 3.75. The van der Waals surface area contributed by atoms with E-state index >= 15 is 0 Å². The van der Waals surface area contributed by atoms with Gasteiger partial charge in [0.2, 0.25) is 0 Å². The maximum Gasteiger partial charge on any atom is 0.139 e. The van der Waals surface area contributed by atoms with Gasteiger partial charge in [0, 0.05) is 6.61 Å². The van der Waals surface area contributed by atoms with E-state index in [4.69, 9.17) is 26.7 Å². The Morgan fingerprint density at radius 2 is 2.06 bits per heavy atom. The van der Waals surface area contributed by atoms with Gasteiger partial charge in [-0.2, -0.15) is 5.26 Å². The fourth-order valence-corrected chi connectivity index (χ4v) is 2.53. The molecule has 0 bridgehead atoms. The molecule has 1 aliphatic rings. The largest absolute Gasteiger partial charge is 0.489 e. The fraction of sp³-hybridized carbons (Fsp3) is 0.500. The van der Waals surface area contributed by atoms with E-state index in [0.29, 0.717) is 22.3 Å². The molecule has 1 saturated carbocycles. The van der Waals surface area contributed by atoms with E-state index < -0.39 is 0 Å². The zero-order chi connectivity index (χ0) is 13.0. The summed E-state index contributed by atoms with van der Waals surface area (Å²) < 4.78 is 5.86. The average molecular weight is 266 g/mol. The predicted octanol–water partition coefficient (Wildman–Crippen LogP) is 3.14. The number of benzene rings is 1. The predicted molar refractivity (Wildman–Crippen MR) is 69.6 cm³/mol. The Morgan fingerprint density at radius 3 is 2.67 bits per heavy atom. The zero-order valence-electron chi connectivity index (χ0n) is 10.1. The van der Waals surface area contributed by atoms with Crippen LogP contribution in [-0.2, 0) is 0 Å². The molecule has 1 aromatic rings. The summed E-state index contributed by atoms with van der Waals surface area (Å²) in [7, 11) is 0. The van der Waals surface area contributed by atoms with Crippen LogP contribution in [0.3, 0.4) is 0 Å². The van der Waals surface area contributed by atoms with Crippen molar-refractivity contribution in [1.82, 2.24) is 0 Å². The van der Waals surface area contributed by atoms with Crippen LogP contribution in [0, 0.1) is 17.2 Å². The summed E-state index contributed by atoms with van der Waals surface area (Å²) in [6.45, 7) is 0.257. The molecule has 0 aromatic heterocycles. The normalized spacial score (nSPS) is 23.4. The monoisotopic (exact) mass is 265 g/mol. The average Bonchev–Trinajstić information content (AvgIpc) is 2.40. The summed E-state index contributed by atoms with van der Waals surface area (Å²) >= 11 is 5.96. The first-order valence-electron chi connectivity index (χ1n) is 6.20. The molecule has 1 aliphatic carbocycles. The van der Waals surface area contributed by atoms with Gasteiger partial charge >= 0.3 is 0 Å². The molecule has 2 rings (SSSR count). The van der Waals surface area contributed by atoms with Crippen LogP contribution in [0.25, 0.3) is 0 Å². The number of ether oxygens (including phenoxy) is 1. The minimum Gasteiger partial charge on any atom is -0.489 e. The van der Waals surface area contributed by atoms with E-state index in [1.54, 1.807) is 18.2 Å². The van der Waals surface area contributed by atoms with Crippen molar-refractivity contribution < 1.29 is 9.84 Å². The van der Waals surface area contributed by atoms with Crippen LogP contribution in [0.2, 0.25) is 5.02 Å². The molecule has 0 heterocycles. The van der Waals surface area contributed by atoms with Crippen LogP contribution < -0.4 is 4.74 Å². The lowest BCUT2D eigenvalue weighted by Crippen LogP contribution is -2.25. The minimum atomic E-state index is 0.123. The van der Waals surface area contributed by atoms with Crippen LogP contribution in [0.1, 0.15) is 31.2 Å². The molecule has 3 nitrogen and oxygen atoms in total. The third kappa shape index (κ3) is 2.95. The Kier molecular flexibility index (Phi) is 4.46. The van der Waals surface area contributed by atoms with E-state index in [1.807, 2.05) is 0 Å². The Hall–Kier alpha value is -1.24. The van der Waals surface area contributed by atoms with Gasteiger partial charge in [0.25, 0.3) is 0 Å². The lowest BCUT2D eigenvalue weighted by molar-refractivity contribution is 0.104. The lowest BCUT2D eigenvalue weighted by Gasteiger charge is -2.28. The molecule has 96 valence electrons. The number of hydrogen-bond donors (Lipinski definition) is 1. The Bertz CT molecular complexity index is 448. The summed E-state index contributed by atoms with van der Waals surface area (Å²) in [5.74, 6) is 0.970. The molecule has 1 fully saturated rings. The van der Waals surface area contributed by atoms with Gasteiger partial charge in [-0.1, -0.05) is 17.7 Å². The van der Waals surface area contributed by atoms with Crippen molar-refractivity contribution in [1.29, 1.82) is 5.26 Å². The highest BCUT2D eigenvalue weighted by Gasteiger charge is 2.22. The van der Waals surface area contributed by atoms with E-state index in [-0.39, 0.29) is 12.7 Å². The highest BCUT2D eigenvalue weighted by atomic mass is 35.5. The molecular formula is C14H16ClNO2. The maximum absolute atomic E-state index is 9.08. The molecule has 0 spiro atoms. The van der Waals surface area contributed by atoms with Crippen molar-refractivity contribution in [2.75, 3.05) is 6.61 Å². The third-order valence-electron chi connectivity index (χ3n) is 3.43. The molecule has 0 amide bonds. The van der Waals surface area contributed by atoms with E-state index in [9.17, 15) is 0 Å². The second-order valence-electron chi connectivity index (χ2n) is 4.67. The molecule has 18 heavy (non-hydrogen) atoms. The molecule has 0 radical (unpaired) electrons. The van der Waals surface area contributed by atoms with Gasteiger partial charge in [-0.25, -0.2) is 0 Å². The van der Waals surface area contributed by atoms with Crippen molar-refractivity contribution in [2.24, 2.45) is 5.92 Å².